The van der Waals surface area contributed by atoms with E-state index in [0.717, 1.165) is 6.26 Å². The van der Waals surface area contributed by atoms with Gasteiger partial charge in [-0.25, -0.2) is 14.2 Å². The van der Waals surface area contributed by atoms with Gasteiger partial charge in [0.15, 0.2) is 5.58 Å². The summed E-state index contributed by atoms with van der Waals surface area (Å²) < 4.78 is 18.0. The summed E-state index contributed by atoms with van der Waals surface area (Å²) in [5.41, 5.74) is 1.98. The molecule has 0 amide bonds. The summed E-state index contributed by atoms with van der Waals surface area (Å²) in [6.45, 7) is 0. The van der Waals surface area contributed by atoms with Crippen molar-refractivity contribution in [1.29, 1.82) is 0 Å². The molecule has 0 aliphatic rings. The number of benzene rings is 1. The Labute approximate surface area is 107 Å². The third kappa shape index (κ3) is 1.95. The van der Waals surface area contributed by atoms with Crippen LogP contribution in [-0.2, 0) is 0 Å². The molecule has 1 N–H and O–H groups in total. The number of carbonyl (C=O) groups is 1. The quantitative estimate of drug-likeness (QED) is 0.764. The van der Waals surface area contributed by atoms with E-state index >= 15 is 0 Å². The molecular weight excluding hydrogens is 249 g/mol. The average Bonchev–Trinajstić information content (AvgIpc) is 2.82. The van der Waals surface area contributed by atoms with Crippen LogP contribution in [-0.4, -0.2) is 16.1 Å². The number of pyridine rings is 1. The Bertz CT molecular complexity index is 762. The third-order valence-electron chi connectivity index (χ3n) is 2.79. The first-order valence-corrected chi connectivity index (χ1v) is 5.52. The second kappa shape index (κ2) is 4.20. The molecule has 4 nitrogen and oxygen atoms in total. The molecule has 94 valence electrons. The average molecular weight is 257 g/mol. The fraction of sp³-hybridized carbons (Fsp3) is 0. The van der Waals surface area contributed by atoms with E-state index in [9.17, 15) is 9.18 Å². The zero-order valence-electron chi connectivity index (χ0n) is 9.63. The van der Waals surface area contributed by atoms with Crippen molar-refractivity contribution >= 4 is 17.1 Å². The number of hydrogen-bond donors (Lipinski definition) is 1. The first-order valence-electron chi connectivity index (χ1n) is 5.52. The van der Waals surface area contributed by atoms with Gasteiger partial charge >= 0.3 is 5.97 Å². The van der Waals surface area contributed by atoms with Crippen molar-refractivity contribution in [3.05, 3.63) is 54.0 Å². The maximum absolute atomic E-state index is 12.9. The zero-order valence-corrected chi connectivity index (χ0v) is 9.63. The van der Waals surface area contributed by atoms with Crippen LogP contribution in [0.25, 0.3) is 22.4 Å². The Morgan fingerprint density at radius 1 is 1.16 bits per heavy atom. The lowest BCUT2D eigenvalue weighted by Gasteiger charge is -2.00. The third-order valence-corrected chi connectivity index (χ3v) is 2.79. The van der Waals surface area contributed by atoms with Crippen LogP contribution in [0.1, 0.15) is 10.4 Å². The summed E-state index contributed by atoms with van der Waals surface area (Å²) in [5.74, 6) is -1.43. The number of halogens is 1. The van der Waals surface area contributed by atoms with Crippen molar-refractivity contribution in [3.63, 3.8) is 0 Å². The van der Waals surface area contributed by atoms with Gasteiger partial charge in [-0.05, 0) is 36.4 Å². The van der Waals surface area contributed by atoms with Crippen LogP contribution in [0.4, 0.5) is 4.39 Å². The van der Waals surface area contributed by atoms with Crippen molar-refractivity contribution in [3.8, 4) is 11.3 Å². The highest BCUT2D eigenvalue weighted by atomic mass is 19.1. The summed E-state index contributed by atoms with van der Waals surface area (Å²) in [6, 6.07) is 9.18. The molecule has 2 heterocycles. The molecular formula is C14H8FNO3. The fourth-order valence-electron chi connectivity index (χ4n) is 1.85. The van der Waals surface area contributed by atoms with Gasteiger partial charge in [-0.3, -0.25) is 0 Å². The molecule has 19 heavy (non-hydrogen) atoms. The van der Waals surface area contributed by atoms with Gasteiger partial charge in [-0.1, -0.05) is 0 Å². The zero-order chi connectivity index (χ0) is 13.4. The molecule has 5 heteroatoms. The van der Waals surface area contributed by atoms with Gasteiger partial charge in [0.25, 0.3) is 0 Å². The van der Waals surface area contributed by atoms with Gasteiger partial charge in [0, 0.05) is 5.56 Å². The lowest BCUT2D eigenvalue weighted by Crippen LogP contribution is -1.95. The highest BCUT2D eigenvalue weighted by Gasteiger charge is 2.14. The lowest BCUT2D eigenvalue weighted by molar-refractivity contribution is 0.0698. The minimum absolute atomic E-state index is 0.0129. The van der Waals surface area contributed by atoms with E-state index in [0.29, 0.717) is 16.8 Å². The number of carboxylic acid groups (broad SMARTS) is 1. The van der Waals surface area contributed by atoms with Gasteiger partial charge in [0.1, 0.15) is 23.2 Å². The topological polar surface area (TPSA) is 63.3 Å². The summed E-state index contributed by atoms with van der Waals surface area (Å²) in [4.78, 5) is 15.3. The van der Waals surface area contributed by atoms with Crippen LogP contribution in [0.5, 0.6) is 0 Å². The van der Waals surface area contributed by atoms with Crippen LogP contribution in [0.15, 0.2) is 47.1 Å². The summed E-state index contributed by atoms with van der Waals surface area (Å²) >= 11 is 0. The second-order valence-corrected chi connectivity index (χ2v) is 4.00. The Morgan fingerprint density at radius 2 is 1.89 bits per heavy atom. The first kappa shape index (κ1) is 11.4. The maximum Gasteiger partial charge on any atom is 0.341 e. The molecule has 0 bridgehead atoms. The molecule has 0 radical (unpaired) electrons. The van der Waals surface area contributed by atoms with E-state index in [1.54, 1.807) is 24.3 Å². The summed E-state index contributed by atoms with van der Waals surface area (Å²) in [7, 11) is 0. The number of fused-ring (bicyclic) bond motifs is 1. The van der Waals surface area contributed by atoms with Crippen LogP contribution < -0.4 is 0 Å². The van der Waals surface area contributed by atoms with Crippen LogP contribution in [0.2, 0.25) is 0 Å². The van der Waals surface area contributed by atoms with Crippen molar-refractivity contribution < 1.29 is 18.7 Å². The molecule has 0 aliphatic heterocycles. The smallest absolute Gasteiger partial charge is 0.341 e. The van der Waals surface area contributed by atoms with E-state index < -0.39 is 5.97 Å². The van der Waals surface area contributed by atoms with E-state index in [4.69, 9.17) is 9.52 Å². The van der Waals surface area contributed by atoms with Crippen LogP contribution in [0.3, 0.4) is 0 Å². The molecule has 0 atom stereocenters. The van der Waals surface area contributed by atoms with Crippen molar-refractivity contribution in [2.75, 3.05) is 0 Å². The van der Waals surface area contributed by atoms with Gasteiger partial charge in [0.05, 0.1) is 5.69 Å². The van der Waals surface area contributed by atoms with Gasteiger partial charge in [-0.2, -0.15) is 0 Å². The molecule has 1 aromatic carbocycles. The Morgan fingerprint density at radius 3 is 2.58 bits per heavy atom. The summed E-state index contributed by atoms with van der Waals surface area (Å²) in [5, 5.41) is 9.02. The van der Waals surface area contributed by atoms with Crippen molar-refractivity contribution in [2.24, 2.45) is 0 Å². The predicted octanol–water partition coefficient (Wildman–Crippen LogP) is 3.33. The molecule has 0 saturated heterocycles. The van der Waals surface area contributed by atoms with E-state index in [1.165, 1.54) is 12.1 Å². The monoisotopic (exact) mass is 257 g/mol. The van der Waals surface area contributed by atoms with E-state index in [2.05, 4.69) is 4.98 Å². The largest absolute Gasteiger partial charge is 0.477 e. The predicted molar refractivity (Wildman–Crippen MR) is 66.4 cm³/mol. The standard InChI is InChI=1S/C14H8FNO3/c15-9-3-1-8(2-4-9)11-5-6-12-13(16-11)10(7-19-12)14(17)18/h1-7H,(H,17,18). The Balaban J connectivity index is 2.17. The maximum atomic E-state index is 12.9. The molecule has 0 fully saturated rings. The van der Waals surface area contributed by atoms with Crippen LogP contribution >= 0.6 is 0 Å². The van der Waals surface area contributed by atoms with Gasteiger partial charge < -0.3 is 9.52 Å². The highest BCUT2D eigenvalue weighted by molar-refractivity contribution is 6.00. The lowest BCUT2D eigenvalue weighted by atomic mass is 10.1. The number of hydrogen-bond acceptors (Lipinski definition) is 3. The molecule has 2 aromatic heterocycles. The number of nitrogens with zero attached hydrogens (tertiary/aromatic N) is 1. The normalized spacial score (nSPS) is 10.8. The number of carboxylic acids is 1. The van der Waals surface area contributed by atoms with Gasteiger partial charge in [0.2, 0.25) is 0 Å². The second-order valence-electron chi connectivity index (χ2n) is 4.00. The van der Waals surface area contributed by atoms with E-state index in [-0.39, 0.29) is 16.9 Å². The molecule has 3 aromatic rings. The van der Waals surface area contributed by atoms with E-state index in [1.807, 2.05) is 0 Å². The Hall–Kier alpha value is -2.69. The molecule has 3 rings (SSSR count). The number of aromatic nitrogens is 1. The van der Waals surface area contributed by atoms with Crippen molar-refractivity contribution in [1.82, 2.24) is 4.98 Å². The fourth-order valence-corrected chi connectivity index (χ4v) is 1.85. The SMILES string of the molecule is O=C(O)c1coc2ccc(-c3ccc(F)cc3)nc12. The highest BCUT2D eigenvalue weighted by Crippen LogP contribution is 2.24. The number of furan rings is 1. The number of aromatic carboxylic acids is 1. The van der Waals surface area contributed by atoms with Crippen LogP contribution in [0, 0.1) is 5.82 Å². The minimum Gasteiger partial charge on any atom is -0.477 e. The Kier molecular flexibility index (Phi) is 2.52. The molecule has 0 spiro atoms. The molecule has 0 saturated carbocycles. The number of rotatable bonds is 2. The van der Waals surface area contributed by atoms with Gasteiger partial charge in [-0.15, -0.1) is 0 Å². The molecule has 0 unspecified atom stereocenters. The molecule has 0 aliphatic carbocycles. The minimum atomic E-state index is -1.09. The van der Waals surface area contributed by atoms with Crippen molar-refractivity contribution in [2.45, 2.75) is 0 Å². The summed E-state index contributed by atoms with van der Waals surface area (Å²) in [6.07, 6.45) is 1.16. The first-order chi connectivity index (χ1) is 9.15.